The second-order valence-corrected chi connectivity index (χ2v) is 8.66. The van der Waals surface area contributed by atoms with Crippen molar-refractivity contribution in [3.63, 3.8) is 0 Å². The zero-order chi connectivity index (χ0) is 18.7. The summed E-state index contributed by atoms with van der Waals surface area (Å²) in [5, 5.41) is 8.82. The summed E-state index contributed by atoms with van der Waals surface area (Å²) in [4.78, 5) is 11.6. The van der Waals surface area contributed by atoms with Gasteiger partial charge < -0.3 is 15.1 Å². The minimum atomic E-state index is 0.221. The lowest BCUT2D eigenvalue weighted by molar-refractivity contribution is 0.221. The Hall–Kier alpha value is -1.51. The summed E-state index contributed by atoms with van der Waals surface area (Å²) in [5.41, 5.74) is 0. The number of nitrogens with one attached hydrogen (secondary N) is 2. The van der Waals surface area contributed by atoms with Crippen LogP contribution in [0.15, 0.2) is 43.7 Å². The molecule has 1 fully saturated rings. The minimum absolute atomic E-state index is 0.221. The molecule has 2 aromatic rings. The summed E-state index contributed by atoms with van der Waals surface area (Å²) in [6.07, 6.45) is 7.21. The number of guanidine groups is 1. The molecule has 0 aromatic carbocycles. The van der Waals surface area contributed by atoms with E-state index in [1.54, 1.807) is 17.6 Å². The van der Waals surface area contributed by atoms with Crippen LogP contribution in [0.1, 0.15) is 38.0 Å². The minimum Gasteiger partial charge on any atom is -0.468 e. The molecule has 8 heteroatoms. The van der Waals surface area contributed by atoms with Crippen LogP contribution in [0.2, 0.25) is 0 Å². The molecule has 6 nitrogen and oxygen atoms in total. The maximum absolute atomic E-state index is 5.69. The van der Waals surface area contributed by atoms with Crippen LogP contribution in [0, 0.1) is 0 Å². The third-order valence-corrected chi connectivity index (χ3v) is 6.52. The first-order valence-corrected chi connectivity index (χ1v) is 11.5. The van der Waals surface area contributed by atoms with E-state index < -0.39 is 0 Å². The Morgan fingerprint density at radius 1 is 1.41 bits per heavy atom. The fourth-order valence-corrected chi connectivity index (χ4v) is 4.81. The maximum Gasteiger partial charge on any atom is 0.191 e. The molecule has 1 atom stereocenters. The van der Waals surface area contributed by atoms with E-state index in [1.165, 1.54) is 12.8 Å². The molecule has 0 bridgehead atoms. The van der Waals surface area contributed by atoms with E-state index in [2.05, 4.69) is 33.5 Å². The highest BCUT2D eigenvalue weighted by molar-refractivity contribution is 8.00. The van der Waals surface area contributed by atoms with E-state index in [9.17, 15) is 0 Å². The molecule has 2 N–H and O–H groups in total. The van der Waals surface area contributed by atoms with Crippen molar-refractivity contribution in [2.45, 2.75) is 36.6 Å². The summed E-state index contributed by atoms with van der Waals surface area (Å²) >= 11 is 3.51. The van der Waals surface area contributed by atoms with Crippen molar-refractivity contribution >= 4 is 29.1 Å². The number of thiazole rings is 1. The van der Waals surface area contributed by atoms with Crippen LogP contribution in [0.3, 0.4) is 0 Å². The van der Waals surface area contributed by atoms with E-state index in [0.29, 0.717) is 6.54 Å². The quantitative estimate of drug-likeness (QED) is 0.271. The summed E-state index contributed by atoms with van der Waals surface area (Å²) in [5.74, 6) is 2.95. The Bertz CT molecular complexity index is 654. The summed E-state index contributed by atoms with van der Waals surface area (Å²) in [7, 11) is 0. The first-order chi connectivity index (χ1) is 13.4. The standard InChI is InChI=1S/C19H29N5OS2/c1-2-20-18(21-8-6-13-26-19-22-9-14-27-19)23-15-16(17-7-5-12-25-17)24-10-3-4-11-24/h5,7,9,12,14,16H,2-4,6,8,10-11,13,15H2,1H3,(H2,20,21,23). The number of rotatable bonds is 10. The van der Waals surface area contributed by atoms with Crippen molar-refractivity contribution < 1.29 is 4.42 Å². The average Bonchev–Trinajstić information content (AvgIpc) is 3.44. The average molecular weight is 408 g/mol. The fourth-order valence-electron chi connectivity index (χ4n) is 3.16. The number of nitrogens with zero attached hydrogens (tertiary/aromatic N) is 3. The SMILES string of the molecule is CCNC(=NCC(c1ccco1)N1CCCC1)NCCCSc1nccs1. The fraction of sp³-hybridized carbons (Fsp3) is 0.579. The molecule has 148 valence electrons. The van der Waals surface area contributed by atoms with E-state index >= 15 is 0 Å². The van der Waals surface area contributed by atoms with Gasteiger partial charge in [0.2, 0.25) is 0 Å². The van der Waals surface area contributed by atoms with Gasteiger partial charge in [-0.15, -0.1) is 11.3 Å². The molecule has 2 aromatic heterocycles. The van der Waals surface area contributed by atoms with Gasteiger partial charge in [0, 0.05) is 30.4 Å². The van der Waals surface area contributed by atoms with E-state index in [-0.39, 0.29) is 6.04 Å². The lowest BCUT2D eigenvalue weighted by atomic mass is 10.2. The first-order valence-electron chi connectivity index (χ1n) is 9.68. The number of thioether (sulfide) groups is 1. The van der Waals surface area contributed by atoms with Gasteiger partial charge in [0.25, 0.3) is 0 Å². The van der Waals surface area contributed by atoms with Gasteiger partial charge in [-0.3, -0.25) is 9.89 Å². The lowest BCUT2D eigenvalue weighted by Crippen LogP contribution is -2.39. The van der Waals surface area contributed by atoms with Crippen LogP contribution in [-0.4, -0.2) is 54.3 Å². The normalized spacial score (nSPS) is 16.6. The van der Waals surface area contributed by atoms with Crippen LogP contribution in [0.4, 0.5) is 0 Å². The van der Waals surface area contributed by atoms with Gasteiger partial charge in [-0.2, -0.15) is 0 Å². The zero-order valence-electron chi connectivity index (χ0n) is 15.9. The van der Waals surface area contributed by atoms with Crippen LogP contribution < -0.4 is 10.6 Å². The number of aliphatic imine (C=N–C) groups is 1. The molecule has 1 aliphatic heterocycles. The Labute approximate surface area is 169 Å². The molecular weight excluding hydrogens is 378 g/mol. The molecular formula is C19H29N5OS2. The predicted molar refractivity (Wildman–Crippen MR) is 114 cm³/mol. The van der Waals surface area contributed by atoms with Crippen LogP contribution in [0.25, 0.3) is 0 Å². The second-order valence-electron chi connectivity index (χ2n) is 6.42. The topological polar surface area (TPSA) is 65.7 Å². The van der Waals surface area contributed by atoms with Gasteiger partial charge in [-0.05, 0) is 51.4 Å². The Morgan fingerprint density at radius 2 is 2.30 bits per heavy atom. The van der Waals surface area contributed by atoms with Gasteiger partial charge >= 0.3 is 0 Å². The number of furan rings is 1. The Kier molecular flexibility index (Phi) is 8.51. The van der Waals surface area contributed by atoms with Gasteiger partial charge in [-0.1, -0.05) is 11.8 Å². The summed E-state index contributed by atoms with van der Waals surface area (Å²) in [6, 6.07) is 4.25. The van der Waals surface area contributed by atoms with Crippen molar-refractivity contribution in [2.24, 2.45) is 4.99 Å². The largest absolute Gasteiger partial charge is 0.468 e. The first kappa shape index (κ1) is 20.2. The number of likely N-dealkylation sites (tertiary alicyclic amines) is 1. The third kappa shape index (κ3) is 6.55. The number of hydrogen-bond donors (Lipinski definition) is 2. The number of hydrogen-bond acceptors (Lipinski definition) is 6. The van der Waals surface area contributed by atoms with Gasteiger partial charge in [0.1, 0.15) is 10.1 Å². The summed E-state index contributed by atoms with van der Waals surface area (Å²) in [6.45, 7) is 6.81. The summed E-state index contributed by atoms with van der Waals surface area (Å²) < 4.78 is 6.83. The van der Waals surface area contributed by atoms with Gasteiger partial charge in [-0.25, -0.2) is 4.98 Å². The zero-order valence-corrected chi connectivity index (χ0v) is 17.5. The van der Waals surface area contributed by atoms with Crippen LogP contribution in [-0.2, 0) is 0 Å². The highest BCUT2D eigenvalue weighted by Gasteiger charge is 2.25. The molecule has 0 amide bonds. The highest BCUT2D eigenvalue weighted by atomic mass is 32.2. The lowest BCUT2D eigenvalue weighted by Gasteiger charge is -2.24. The maximum atomic E-state index is 5.69. The molecule has 0 saturated carbocycles. The van der Waals surface area contributed by atoms with Crippen LogP contribution in [0.5, 0.6) is 0 Å². The molecule has 1 saturated heterocycles. The van der Waals surface area contributed by atoms with Gasteiger partial charge in [0.15, 0.2) is 5.96 Å². The molecule has 3 rings (SSSR count). The van der Waals surface area contributed by atoms with Gasteiger partial charge in [0.05, 0.1) is 18.8 Å². The van der Waals surface area contributed by atoms with E-state index in [0.717, 1.165) is 54.4 Å². The Morgan fingerprint density at radius 3 is 3.00 bits per heavy atom. The molecule has 3 heterocycles. The van der Waals surface area contributed by atoms with Crippen molar-refractivity contribution in [1.29, 1.82) is 0 Å². The monoisotopic (exact) mass is 407 g/mol. The van der Waals surface area contributed by atoms with Crippen molar-refractivity contribution in [3.8, 4) is 0 Å². The molecule has 1 unspecified atom stereocenters. The highest BCUT2D eigenvalue weighted by Crippen LogP contribution is 2.25. The van der Waals surface area contributed by atoms with Crippen molar-refractivity contribution in [2.75, 3.05) is 38.5 Å². The Balaban J connectivity index is 1.48. The van der Waals surface area contributed by atoms with E-state index in [4.69, 9.17) is 9.41 Å². The van der Waals surface area contributed by atoms with Crippen molar-refractivity contribution in [1.82, 2.24) is 20.5 Å². The van der Waals surface area contributed by atoms with Crippen LogP contribution >= 0.6 is 23.1 Å². The predicted octanol–water partition coefficient (Wildman–Crippen LogP) is 3.61. The van der Waals surface area contributed by atoms with E-state index in [1.807, 2.05) is 29.4 Å². The molecule has 0 spiro atoms. The molecule has 27 heavy (non-hydrogen) atoms. The smallest absolute Gasteiger partial charge is 0.191 e. The third-order valence-electron chi connectivity index (χ3n) is 4.47. The molecule has 0 aliphatic carbocycles. The second kappa shape index (κ2) is 11.4. The molecule has 0 radical (unpaired) electrons. The molecule has 1 aliphatic rings. The number of aromatic nitrogens is 1. The van der Waals surface area contributed by atoms with Crippen molar-refractivity contribution in [3.05, 3.63) is 35.7 Å².